The topological polar surface area (TPSA) is 31.5 Å². The Bertz CT molecular complexity index is 527. The molecule has 0 unspecified atom stereocenters. The van der Waals surface area contributed by atoms with Gasteiger partial charge >= 0.3 is 34.1 Å². The summed E-state index contributed by atoms with van der Waals surface area (Å²) in [4.78, 5) is 0. The van der Waals surface area contributed by atoms with Crippen LogP contribution in [0.3, 0.4) is 0 Å². The third-order valence-electron chi connectivity index (χ3n) is 0.750. The maximum absolute atomic E-state index is 6.18. The average molecular weight is 454 g/mol. The maximum atomic E-state index is 6.18. The molecule has 0 amide bonds. The number of rotatable bonds is 0. The SMILES string of the molecule is C.C.C.C.O.[C-]#CC#CC.[C-]#CC#CC.[C-]#CC#CC.[C-]#CC#CC.[Fe+2].[Fe+3].[HH].[HH].[HH].[HH]. The van der Waals surface area contributed by atoms with E-state index in [-0.39, 0.29) is 75.0 Å². The van der Waals surface area contributed by atoms with Gasteiger partial charge in [-0.05, 0) is 27.7 Å². The first-order valence-corrected chi connectivity index (χ1v) is 5.00. The van der Waals surface area contributed by atoms with Crippen LogP contribution in [0.5, 0.6) is 0 Å². The molecule has 0 aromatic rings. The Labute approximate surface area is 199 Å². The molecule has 3 heteroatoms. The minimum atomic E-state index is 0. The third-order valence-corrected chi connectivity index (χ3v) is 0.750. The van der Waals surface area contributed by atoms with Gasteiger partial charge in [0.15, 0.2) is 0 Å². The van der Waals surface area contributed by atoms with Gasteiger partial charge in [0.1, 0.15) is 0 Å². The Kier molecular flexibility index (Phi) is 363. The predicted octanol–water partition coefficient (Wildman–Crippen LogP) is 5.10. The predicted molar refractivity (Wildman–Crippen MR) is 121 cm³/mol. The molecule has 0 fully saturated rings. The van der Waals surface area contributed by atoms with Crippen molar-refractivity contribution in [3.63, 3.8) is 0 Å². The molecule has 1 nitrogen and oxygen atoms in total. The minimum absolute atomic E-state index is 0. The first kappa shape index (κ1) is 74.3. The Balaban J connectivity index is -0.00000000757. The van der Waals surface area contributed by atoms with Crippen LogP contribution in [0.25, 0.3) is 0 Å². The van der Waals surface area contributed by atoms with Crippen molar-refractivity contribution in [1.82, 2.24) is 0 Å². The van der Waals surface area contributed by atoms with Gasteiger partial charge in [0, 0.05) is 5.71 Å². The van der Waals surface area contributed by atoms with Gasteiger partial charge in [0.25, 0.3) is 0 Å². The molecule has 0 aliphatic rings. The van der Waals surface area contributed by atoms with E-state index >= 15 is 0 Å². The van der Waals surface area contributed by atoms with Gasteiger partial charge in [-0.25, -0.2) is 23.7 Å². The standard InChI is InChI=1S/4C5H3.4CH4.2Fe.H2O.4H2/c4*1-3-5-4-2;;;;;;;;;;;/h4*1H3;4*1H4;;;1H2;4*1H/q4*-1;;;;;+2;+3;;;;;. The summed E-state index contributed by atoms with van der Waals surface area (Å²) in [7, 11) is 0. The second-order valence-electron chi connectivity index (χ2n) is 2.00. The van der Waals surface area contributed by atoms with Crippen molar-refractivity contribution >= 4 is 0 Å². The van der Waals surface area contributed by atoms with Crippen LogP contribution in [0, 0.1) is 96.7 Å². The fourth-order valence-electron chi connectivity index (χ4n) is 0.250. The molecule has 0 heterocycles. The van der Waals surface area contributed by atoms with E-state index in [9.17, 15) is 0 Å². The number of hydrogen-bond acceptors (Lipinski definition) is 0. The number of hydrogen-bond donors (Lipinski definition) is 0. The third kappa shape index (κ3) is 361. The molecule has 155 valence electrons. The van der Waals surface area contributed by atoms with E-state index in [2.05, 4.69) is 47.4 Å². The summed E-state index contributed by atoms with van der Waals surface area (Å²) in [5.74, 6) is 26.6. The largest absolute Gasteiger partial charge is 3.00 e. The van der Waals surface area contributed by atoms with Gasteiger partial charge < -0.3 is 31.2 Å². The Morgan fingerprint density at radius 1 is 0.481 bits per heavy atom. The molecule has 0 saturated heterocycles. The smallest absolute Gasteiger partial charge is 0.412 e. The zero-order chi connectivity index (χ0) is 16.5. The molecule has 0 aromatic carbocycles. The van der Waals surface area contributed by atoms with Crippen LogP contribution >= 0.6 is 0 Å². The van der Waals surface area contributed by atoms with Crippen molar-refractivity contribution in [3.05, 3.63) is 25.7 Å². The second-order valence-corrected chi connectivity index (χ2v) is 2.00. The fraction of sp³-hybridized carbons (Fsp3) is 0.333. The summed E-state index contributed by atoms with van der Waals surface area (Å²) >= 11 is 0. The molecule has 0 rings (SSSR count). The summed E-state index contributed by atoms with van der Waals surface area (Å²) < 4.78 is 0. The van der Waals surface area contributed by atoms with Crippen molar-refractivity contribution in [3.8, 4) is 71.0 Å². The molecule has 1 radical (unpaired) electrons. The van der Waals surface area contributed by atoms with Gasteiger partial charge in [-0.15, -0.1) is 0 Å². The Morgan fingerprint density at radius 3 is 0.593 bits per heavy atom. The van der Waals surface area contributed by atoms with Crippen LogP contribution in [-0.2, 0) is 34.1 Å². The second kappa shape index (κ2) is 132. The van der Waals surface area contributed by atoms with Crippen molar-refractivity contribution in [1.29, 1.82) is 0 Å². The van der Waals surface area contributed by atoms with Crippen molar-refractivity contribution in [2.75, 3.05) is 0 Å². The van der Waals surface area contributed by atoms with Crippen LogP contribution < -0.4 is 0 Å². The van der Waals surface area contributed by atoms with E-state index in [1.54, 1.807) is 27.7 Å². The quantitative estimate of drug-likeness (QED) is 0.277. The summed E-state index contributed by atoms with van der Waals surface area (Å²) in [6.07, 6.45) is 24.7. The van der Waals surface area contributed by atoms with E-state index in [0.29, 0.717) is 0 Å². The van der Waals surface area contributed by atoms with Gasteiger partial charge in [-0.2, -0.15) is 0 Å². The molecule has 0 spiro atoms. The summed E-state index contributed by atoms with van der Waals surface area (Å²) in [5.41, 5.74) is 0. The molecule has 0 atom stereocenters. The molecule has 0 bridgehead atoms. The van der Waals surface area contributed by atoms with Crippen LogP contribution in [-0.4, -0.2) is 5.48 Å². The van der Waals surface area contributed by atoms with E-state index < -0.39 is 0 Å². The molecule has 0 aliphatic carbocycles. The minimum Gasteiger partial charge on any atom is -0.412 e. The summed E-state index contributed by atoms with van der Waals surface area (Å²) in [6, 6.07) is 0. The summed E-state index contributed by atoms with van der Waals surface area (Å²) in [6.45, 7) is 6.67. The molecule has 27 heavy (non-hydrogen) atoms. The Morgan fingerprint density at radius 2 is 0.593 bits per heavy atom. The van der Waals surface area contributed by atoms with Gasteiger partial charge in [0.05, 0.1) is 0 Å². The molecule has 2 N–H and O–H groups in total. The molecule has 0 saturated carbocycles. The van der Waals surface area contributed by atoms with Crippen LogP contribution in [0.15, 0.2) is 0 Å². The first-order chi connectivity index (χ1) is 9.66. The van der Waals surface area contributed by atoms with Crippen molar-refractivity contribution < 1.29 is 45.3 Å². The van der Waals surface area contributed by atoms with E-state index in [4.69, 9.17) is 25.7 Å². The van der Waals surface area contributed by atoms with E-state index in [0.717, 1.165) is 0 Å². The monoisotopic (exact) mass is 454 g/mol. The fourth-order valence-corrected chi connectivity index (χ4v) is 0.250. The maximum Gasteiger partial charge on any atom is 3.00 e. The van der Waals surface area contributed by atoms with Gasteiger partial charge in [-0.1, -0.05) is 29.7 Å². The van der Waals surface area contributed by atoms with Crippen molar-refractivity contribution in [2.45, 2.75) is 57.4 Å². The van der Waals surface area contributed by atoms with Crippen LogP contribution in [0.2, 0.25) is 0 Å². The van der Waals surface area contributed by atoms with E-state index in [1.807, 2.05) is 23.7 Å². The first-order valence-electron chi connectivity index (χ1n) is 5.00. The van der Waals surface area contributed by atoms with Crippen LogP contribution in [0.4, 0.5) is 0 Å². The zero-order valence-electron chi connectivity index (χ0n) is 13.2. The molecular weight excluding hydrogens is 416 g/mol. The van der Waals surface area contributed by atoms with Gasteiger partial charge in [0.2, 0.25) is 0 Å². The van der Waals surface area contributed by atoms with E-state index in [1.165, 1.54) is 0 Å². The van der Waals surface area contributed by atoms with Gasteiger partial charge in [-0.3, -0.25) is 47.4 Å². The van der Waals surface area contributed by atoms with Crippen LogP contribution in [0.1, 0.15) is 63.1 Å². The normalized spacial score (nSPS) is 2.37. The average Bonchev–Trinajstić information content (AvgIpc) is 2.44. The molecular formula is C24H38Fe2O+. The Hall–Kier alpha value is -2.52. The summed E-state index contributed by atoms with van der Waals surface area (Å²) in [5, 5.41) is 0. The zero-order valence-corrected chi connectivity index (χ0v) is 15.4. The van der Waals surface area contributed by atoms with Crippen molar-refractivity contribution in [2.24, 2.45) is 0 Å². The molecule has 0 aromatic heterocycles. The molecule has 0 aliphatic heterocycles.